The second-order valence-corrected chi connectivity index (χ2v) is 3.78. The van der Waals surface area contributed by atoms with Crippen LogP contribution in [0, 0.1) is 6.92 Å². The first-order valence-corrected chi connectivity index (χ1v) is 5.75. The van der Waals surface area contributed by atoms with Crippen LogP contribution in [0.1, 0.15) is 18.2 Å². The van der Waals surface area contributed by atoms with Crippen LogP contribution < -0.4 is 10.3 Å². The number of aryl methyl sites for hydroxylation is 1. The van der Waals surface area contributed by atoms with Gasteiger partial charge >= 0.3 is 0 Å². The molecule has 0 unspecified atom stereocenters. The van der Waals surface area contributed by atoms with Crippen molar-refractivity contribution in [3.8, 4) is 5.75 Å². The number of hydrogen-bond acceptors (Lipinski definition) is 3. The van der Waals surface area contributed by atoms with Gasteiger partial charge in [-0.05, 0) is 26.0 Å². The highest BCUT2D eigenvalue weighted by Gasteiger charge is 2.04. The second kappa shape index (κ2) is 5.35. The van der Waals surface area contributed by atoms with Crippen LogP contribution >= 0.6 is 0 Å². The lowest BCUT2D eigenvalue weighted by Crippen LogP contribution is -2.05. The quantitative estimate of drug-likeness (QED) is 0.810. The standard InChI is InChI=1S/C13H15N3O2/c1-3-18-12-7-5-4-6-11(12)14-8-10-9(2)15-16-13(10)17/h4-8H,3H2,1-2H3,(H2,15,16,17). The number of aromatic amines is 2. The molecule has 2 N–H and O–H groups in total. The number of ether oxygens (including phenoxy) is 1. The number of aromatic nitrogens is 2. The Morgan fingerprint density at radius 3 is 2.78 bits per heavy atom. The van der Waals surface area contributed by atoms with Crippen LogP contribution in [0.2, 0.25) is 0 Å². The topological polar surface area (TPSA) is 70.2 Å². The molecule has 0 aliphatic heterocycles. The van der Waals surface area contributed by atoms with Crippen LogP contribution in [0.3, 0.4) is 0 Å². The lowest BCUT2D eigenvalue weighted by Gasteiger charge is -2.05. The van der Waals surface area contributed by atoms with Gasteiger partial charge in [0, 0.05) is 11.9 Å². The van der Waals surface area contributed by atoms with Crippen molar-refractivity contribution in [2.75, 3.05) is 6.61 Å². The summed E-state index contributed by atoms with van der Waals surface area (Å²) < 4.78 is 5.46. The monoisotopic (exact) mass is 245 g/mol. The summed E-state index contributed by atoms with van der Waals surface area (Å²) in [6, 6.07) is 7.46. The number of nitrogens with zero attached hydrogens (tertiary/aromatic N) is 1. The molecule has 0 saturated heterocycles. The molecule has 5 nitrogen and oxygen atoms in total. The van der Waals surface area contributed by atoms with Crippen molar-refractivity contribution in [1.82, 2.24) is 10.2 Å². The van der Waals surface area contributed by atoms with E-state index in [0.29, 0.717) is 23.6 Å². The van der Waals surface area contributed by atoms with Crippen molar-refractivity contribution < 1.29 is 4.74 Å². The smallest absolute Gasteiger partial charge is 0.272 e. The first-order valence-electron chi connectivity index (χ1n) is 5.75. The number of hydrogen-bond donors (Lipinski definition) is 2. The SMILES string of the molecule is CCOc1ccccc1N=Cc1c(C)[nH][nH]c1=O. The minimum absolute atomic E-state index is 0.176. The van der Waals surface area contributed by atoms with Gasteiger partial charge in [-0.3, -0.25) is 14.9 Å². The Morgan fingerprint density at radius 1 is 1.33 bits per heavy atom. The first-order chi connectivity index (χ1) is 8.72. The van der Waals surface area contributed by atoms with Crippen molar-refractivity contribution >= 4 is 11.9 Å². The van der Waals surface area contributed by atoms with E-state index in [4.69, 9.17) is 4.74 Å². The zero-order valence-corrected chi connectivity index (χ0v) is 10.4. The molecule has 0 bridgehead atoms. The number of rotatable bonds is 4. The number of nitrogens with one attached hydrogen (secondary N) is 2. The van der Waals surface area contributed by atoms with E-state index in [9.17, 15) is 4.79 Å². The van der Waals surface area contributed by atoms with E-state index in [0.717, 1.165) is 5.69 Å². The molecule has 0 saturated carbocycles. The molecule has 0 aliphatic rings. The molecule has 0 radical (unpaired) electrons. The van der Waals surface area contributed by atoms with Gasteiger partial charge in [0.2, 0.25) is 0 Å². The minimum Gasteiger partial charge on any atom is -0.492 e. The zero-order valence-electron chi connectivity index (χ0n) is 10.4. The summed E-state index contributed by atoms with van der Waals surface area (Å²) in [5.41, 5.74) is 1.82. The molecule has 0 aliphatic carbocycles. The molecular weight excluding hydrogens is 230 g/mol. The molecule has 0 fully saturated rings. The lowest BCUT2D eigenvalue weighted by atomic mass is 10.2. The summed E-state index contributed by atoms with van der Waals surface area (Å²) in [6.07, 6.45) is 1.54. The number of benzene rings is 1. The van der Waals surface area contributed by atoms with Gasteiger partial charge in [0.05, 0.1) is 12.2 Å². The Labute approximate surface area is 105 Å². The molecule has 1 aromatic carbocycles. The van der Waals surface area contributed by atoms with E-state index < -0.39 is 0 Å². The number of H-pyrrole nitrogens is 2. The zero-order chi connectivity index (χ0) is 13.0. The van der Waals surface area contributed by atoms with E-state index in [1.165, 1.54) is 0 Å². The van der Waals surface area contributed by atoms with Crippen molar-refractivity contribution in [2.45, 2.75) is 13.8 Å². The van der Waals surface area contributed by atoms with E-state index in [2.05, 4.69) is 15.2 Å². The average molecular weight is 245 g/mol. The molecule has 2 rings (SSSR count). The van der Waals surface area contributed by atoms with E-state index in [1.54, 1.807) is 6.21 Å². The summed E-state index contributed by atoms with van der Waals surface area (Å²) in [6.45, 7) is 4.31. The van der Waals surface area contributed by atoms with Crippen LogP contribution in [0.25, 0.3) is 0 Å². The van der Waals surface area contributed by atoms with Gasteiger partial charge < -0.3 is 9.84 Å². The highest BCUT2D eigenvalue weighted by molar-refractivity contribution is 5.83. The third kappa shape index (κ3) is 2.51. The Balaban J connectivity index is 2.32. The van der Waals surface area contributed by atoms with E-state index >= 15 is 0 Å². The van der Waals surface area contributed by atoms with Gasteiger partial charge in [0.25, 0.3) is 5.56 Å². The molecule has 0 atom stereocenters. The Bertz CT molecular complexity index is 611. The Hall–Kier alpha value is -2.30. The van der Waals surface area contributed by atoms with Gasteiger partial charge in [0.15, 0.2) is 0 Å². The molecule has 0 spiro atoms. The molecular formula is C13H15N3O2. The molecule has 94 valence electrons. The van der Waals surface area contributed by atoms with Crippen molar-refractivity contribution in [1.29, 1.82) is 0 Å². The van der Waals surface area contributed by atoms with Crippen LogP contribution in [0.15, 0.2) is 34.1 Å². The van der Waals surface area contributed by atoms with Gasteiger partial charge in [0.1, 0.15) is 11.4 Å². The number of aliphatic imine (C=N–C) groups is 1. The molecule has 1 heterocycles. The van der Waals surface area contributed by atoms with Crippen molar-refractivity contribution in [3.63, 3.8) is 0 Å². The summed E-state index contributed by atoms with van der Waals surface area (Å²) in [4.78, 5) is 15.8. The second-order valence-electron chi connectivity index (χ2n) is 3.78. The fourth-order valence-electron chi connectivity index (χ4n) is 1.59. The predicted molar refractivity (Wildman–Crippen MR) is 71.0 cm³/mol. The fraction of sp³-hybridized carbons (Fsp3) is 0.231. The lowest BCUT2D eigenvalue weighted by molar-refractivity contribution is 0.341. The molecule has 0 amide bonds. The summed E-state index contributed by atoms with van der Waals surface area (Å²) in [7, 11) is 0. The molecule has 18 heavy (non-hydrogen) atoms. The summed E-state index contributed by atoms with van der Waals surface area (Å²) >= 11 is 0. The summed E-state index contributed by atoms with van der Waals surface area (Å²) in [5.74, 6) is 0.709. The third-order valence-corrected chi connectivity index (χ3v) is 2.51. The highest BCUT2D eigenvalue weighted by atomic mass is 16.5. The maximum Gasteiger partial charge on any atom is 0.272 e. The van der Waals surface area contributed by atoms with Crippen LogP contribution in [0.4, 0.5) is 5.69 Å². The summed E-state index contributed by atoms with van der Waals surface area (Å²) in [5, 5.41) is 5.26. The predicted octanol–water partition coefficient (Wildman–Crippen LogP) is 2.16. The van der Waals surface area contributed by atoms with Crippen molar-refractivity contribution in [3.05, 3.63) is 45.9 Å². The van der Waals surface area contributed by atoms with Gasteiger partial charge in [-0.1, -0.05) is 12.1 Å². The van der Waals surface area contributed by atoms with Crippen LogP contribution in [-0.2, 0) is 0 Å². The van der Waals surface area contributed by atoms with E-state index in [1.807, 2.05) is 38.1 Å². The van der Waals surface area contributed by atoms with Gasteiger partial charge in [-0.15, -0.1) is 0 Å². The normalized spacial score (nSPS) is 11.0. The Kier molecular flexibility index (Phi) is 3.62. The van der Waals surface area contributed by atoms with Gasteiger partial charge in [-0.2, -0.15) is 0 Å². The maximum absolute atomic E-state index is 11.5. The van der Waals surface area contributed by atoms with Crippen LogP contribution in [0.5, 0.6) is 5.75 Å². The van der Waals surface area contributed by atoms with E-state index in [-0.39, 0.29) is 5.56 Å². The first kappa shape index (κ1) is 12.2. The Morgan fingerprint density at radius 2 is 2.11 bits per heavy atom. The van der Waals surface area contributed by atoms with Crippen molar-refractivity contribution in [2.24, 2.45) is 4.99 Å². The largest absolute Gasteiger partial charge is 0.492 e. The average Bonchev–Trinajstić information content (AvgIpc) is 2.69. The third-order valence-electron chi connectivity index (χ3n) is 2.51. The molecule has 1 aromatic heterocycles. The maximum atomic E-state index is 11.5. The molecule has 2 aromatic rings. The fourth-order valence-corrected chi connectivity index (χ4v) is 1.59. The van der Waals surface area contributed by atoms with Crippen LogP contribution in [-0.4, -0.2) is 23.0 Å². The molecule has 5 heteroatoms. The highest BCUT2D eigenvalue weighted by Crippen LogP contribution is 2.26. The minimum atomic E-state index is -0.176. The van der Waals surface area contributed by atoms with Gasteiger partial charge in [-0.25, -0.2) is 0 Å². The number of para-hydroxylation sites is 2.